The Morgan fingerprint density at radius 2 is 2.33 bits per heavy atom. The Labute approximate surface area is 53.7 Å². The number of hydrogen-bond acceptors (Lipinski definition) is 3. The molecule has 0 radical (unpaired) electrons. The molecule has 0 aromatic carbocycles. The van der Waals surface area contributed by atoms with Crippen LogP contribution in [0.15, 0.2) is 11.8 Å². The summed E-state index contributed by atoms with van der Waals surface area (Å²) in [5.74, 6) is -0.0428. The van der Waals surface area contributed by atoms with E-state index in [0.717, 1.165) is 6.42 Å². The molecule has 0 aromatic rings. The highest BCUT2D eigenvalue weighted by atomic mass is 16.1. The van der Waals surface area contributed by atoms with E-state index in [1.54, 1.807) is 0 Å². The second-order valence-corrected chi connectivity index (χ2v) is 2.27. The second-order valence-electron chi connectivity index (χ2n) is 2.27. The van der Waals surface area contributed by atoms with Gasteiger partial charge in [0.25, 0.3) is 0 Å². The lowest BCUT2D eigenvalue weighted by molar-refractivity contribution is -0.116. The molecule has 1 rings (SSSR count). The van der Waals surface area contributed by atoms with Crippen molar-refractivity contribution in [1.82, 2.24) is 0 Å². The van der Waals surface area contributed by atoms with Gasteiger partial charge >= 0.3 is 0 Å². The third kappa shape index (κ3) is 1.29. The van der Waals surface area contributed by atoms with Crippen molar-refractivity contribution in [3.8, 4) is 0 Å². The van der Waals surface area contributed by atoms with Gasteiger partial charge in [-0.1, -0.05) is 0 Å². The molecule has 0 spiro atoms. The number of rotatable bonds is 0. The highest BCUT2D eigenvalue weighted by Gasteiger charge is 2.15. The van der Waals surface area contributed by atoms with Gasteiger partial charge in [0.1, 0.15) is 0 Å². The van der Waals surface area contributed by atoms with Gasteiger partial charge in [0.15, 0.2) is 5.78 Å². The number of nitrogens with two attached hydrogens (primary N) is 2. The monoisotopic (exact) mass is 126 g/mol. The van der Waals surface area contributed by atoms with Crippen LogP contribution in [0, 0.1) is 0 Å². The Bertz CT molecular complexity index is 162. The topological polar surface area (TPSA) is 69.1 Å². The summed E-state index contributed by atoms with van der Waals surface area (Å²) in [6.07, 6.45) is 2.88. The average molecular weight is 126 g/mol. The summed E-state index contributed by atoms with van der Waals surface area (Å²) in [7, 11) is 0. The van der Waals surface area contributed by atoms with Gasteiger partial charge in [0.05, 0.1) is 6.04 Å². The fourth-order valence-electron chi connectivity index (χ4n) is 0.826. The van der Waals surface area contributed by atoms with Crippen molar-refractivity contribution in [2.75, 3.05) is 0 Å². The van der Waals surface area contributed by atoms with E-state index in [1.807, 2.05) is 0 Å². The van der Waals surface area contributed by atoms with E-state index >= 15 is 0 Å². The molecule has 4 N–H and O–H groups in total. The number of carbonyl (C=O) groups excluding carboxylic acids is 1. The minimum atomic E-state index is -0.308. The maximum absolute atomic E-state index is 10.7. The van der Waals surface area contributed by atoms with E-state index in [9.17, 15) is 4.79 Å². The third-order valence-electron chi connectivity index (χ3n) is 1.44. The molecule has 0 amide bonds. The number of carbonyl (C=O) groups is 1. The molecular weight excluding hydrogens is 116 g/mol. The summed E-state index contributed by atoms with van der Waals surface area (Å²) in [5, 5.41) is 0. The Morgan fingerprint density at radius 3 is 2.78 bits per heavy atom. The van der Waals surface area contributed by atoms with E-state index in [2.05, 4.69) is 0 Å². The molecule has 3 nitrogen and oxygen atoms in total. The van der Waals surface area contributed by atoms with Crippen LogP contribution < -0.4 is 11.5 Å². The van der Waals surface area contributed by atoms with Crippen molar-refractivity contribution >= 4 is 5.78 Å². The quantitative estimate of drug-likeness (QED) is 0.460. The Morgan fingerprint density at radius 1 is 1.67 bits per heavy atom. The van der Waals surface area contributed by atoms with Gasteiger partial charge in [-0.2, -0.15) is 0 Å². The van der Waals surface area contributed by atoms with E-state index in [0.29, 0.717) is 12.1 Å². The first-order valence-corrected chi connectivity index (χ1v) is 2.95. The van der Waals surface area contributed by atoms with Crippen LogP contribution in [0.1, 0.15) is 12.8 Å². The van der Waals surface area contributed by atoms with Crippen LogP contribution in [0.4, 0.5) is 0 Å². The lowest BCUT2D eigenvalue weighted by atomic mass is 9.99. The van der Waals surface area contributed by atoms with Crippen LogP contribution in [-0.2, 0) is 4.79 Å². The zero-order chi connectivity index (χ0) is 6.85. The van der Waals surface area contributed by atoms with Gasteiger partial charge in [0, 0.05) is 11.8 Å². The van der Waals surface area contributed by atoms with Crippen LogP contribution in [0.3, 0.4) is 0 Å². The van der Waals surface area contributed by atoms with Crippen LogP contribution in [0.25, 0.3) is 0 Å². The van der Waals surface area contributed by atoms with E-state index in [1.165, 1.54) is 6.08 Å². The smallest absolute Gasteiger partial charge is 0.174 e. The van der Waals surface area contributed by atoms with Crippen molar-refractivity contribution in [2.24, 2.45) is 11.5 Å². The molecule has 1 unspecified atom stereocenters. The molecule has 0 aliphatic heterocycles. The first-order valence-electron chi connectivity index (χ1n) is 2.95. The van der Waals surface area contributed by atoms with Crippen molar-refractivity contribution in [3.05, 3.63) is 11.8 Å². The predicted molar refractivity (Wildman–Crippen MR) is 34.5 cm³/mol. The molecule has 50 valence electrons. The minimum Gasteiger partial charge on any atom is -0.402 e. The molecule has 1 atom stereocenters. The van der Waals surface area contributed by atoms with Gasteiger partial charge in [-0.15, -0.1) is 0 Å². The van der Waals surface area contributed by atoms with Crippen LogP contribution in [-0.4, -0.2) is 11.8 Å². The fourth-order valence-corrected chi connectivity index (χ4v) is 0.826. The minimum absolute atomic E-state index is 0.0428. The molecule has 0 saturated heterocycles. The molecule has 1 aliphatic rings. The van der Waals surface area contributed by atoms with Crippen LogP contribution in [0.2, 0.25) is 0 Å². The normalized spacial score (nSPS) is 27.9. The van der Waals surface area contributed by atoms with Gasteiger partial charge in [0.2, 0.25) is 0 Å². The van der Waals surface area contributed by atoms with Gasteiger partial charge in [-0.05, 0) is 12.8 Å². The molecule has 0 saturated carbocycles. The Hall–Kier alpha value is -0.830. The largest absolute Gasteiger partial charge is 0.402 e. The van der Waals surface area contributed by atoms with E-state index in [-0.39, 0.29) is 11.8 Å². The van der Waals surface area contributed by atoms with Gasteiger partial charge < -0.3 is 11.5 Å². The summed E-state index contributed by atoms with van der Waals surface area (Å²) >= 11 is 0. The molecule has 0 fully saturated rings. The summed E-state index contributed by atoms with van der Waals surface area (Å²) in [6.45, 7) is 0. The standard InChI is InChI=1S/C6H10N2O/c7-4-1-2-5(8)6(9)3-4/h3,5H,1-2,7-8H2. The molecule has 0 heterocycles. The highest BCUT2D eigenvalue weighted by Crippen LogP contribution is 2.08. The lowest BCUT2D eigenvalue weighted by Crippen LogP contribution is -2.32. The molecular formula is C6H10N2O. The van der Waals surface area contributed by atoms with Crippen molar-refractivity contribution in [2.45, 2.75) is 18.9 Å². The molecule has 3 heteroatoms. The average Bonchev–Trinajstić information content (AvgIpc) is 1.80. The molecule has 0 aromatic heterocycles. The SMILES string of the molecule is NC1=CC(=O)C(N)CC1. The van der Waals surface area contributed by atoms with Crippen molar-refractivity contribution < 1.29 is 4.79 Å². The summed E-state index contributed by atoms with van der Waals surface area (Å²) in [6, 6.07) is -0.308. The molecule has 0 bridgehead atoms. The third-order valence-corrected chi connectivity index (χ3v) is 1.44. The summed E-state index contributed by atoms with van der Waals surface area (Å²) < 4.78 is 0. The fraction of sp³-hybridized carbons (Fsp3) is 0.500. The Balaban J connectivity index is 2.70. The molecule has 9 heavy (non-hydrogen) atoms. The number of allylic oxidation sites excluding steroid dienone is 1. The maximum Gasteiger partial charge on any atom is 0.174 e. The van der Waals surface area contributed by atoms with Crippen LogP contribution >= 0.6 is 0 Å². The summed E-state index contributed by atoms with van der Waals surface area (Å²) in [4.78, 5) is 10.7. The zero-order valence-corrected chi connectivity index (χ0v) is 5.13. The van der Waals surface area contributed by atoms with Crippen LogP contribution in [0.5, 0.6) is 0 Å². The van der Waals surface area contributed by atoms with Crippen molar-refractivity contribution in [3.63, 3.8) is 0 Å². The highest BCUT2D eigenvalue weighted by molar-refractivity contribution is 5.95. The lowest BCUT2D eigenvalue weighted by Gasteiger charge is -2.13. The molecule has 1 aliphatic carbocycles. The Kier molecular flexibility index (Phi) is 1.53. The first-order chi connectivity index (χ1) is 4.20. The van der Waals surface area contributed by atoms with Gasteiger partial charge in [-0.25, -0.2) is 0 Å². The van der Waals surface area contributed by atoms with Crippen molar-refractivity contribution in [1.29, 1.82) is 0 Å². The maximum atomic E-state index is 10.7. The van der Waals surface area contributed by atoms with Gasteiger partial charge in [-0.3, -0.25) is 4.79 Å². The first kappa shape index (κ1) is 6.29. The second kappa shape index (κ2) is 2.19. The van der Waals surface area contributed by atoms with E-state index < -0.39 is 0 Å². The predicted octanol–water partition coefficient (Wildman–Crippen LogP) is -0.481. The number of ketones is 1. The van der Waals surface area contributed by atoms with E-state index in [4.69, 9.17) is 11.5 Å². The zero-order valence-electron chi connectivity index (χ0n) is 5.13. The summed E-state index contributed by atoms with van der Waals surface area (Å²) in [5.41, 5.74) is 11.4. The number of hydrogen-bond donors (Lipinski definition) is 2.